The predicted molar refractivity (Wildman–Crippen MR) is 34.6 cm³/mol. The minimum absolute atomic E-state index is 0.806. The molecule has 0 aliphatic heterocycles. The summed E-state index contributed by atoms with van der Waals surface area (Å²) in [5.74, 6) is 0.972. The van der Waals surface area contributed by atoms with Crippen molar-refractivity contribution < 1.29 is 4.74 Å². The lowest BCUT2D eigenvalue weighted by atomic mass is 10.5. The predicted octanol–water partition coefficient (Wildman–Crippen LogP) is 1.93. The molecule has 0 bridgehead atoms. The van der Waals surface area contributed by atoms with Crippen LogP contribution in [0.4, 0.5) is 0 Å². The molecular formula is C5H9BrO. The molecule has 0 aliphatic rings. The maximum absolute atomic E-state index is 4.86. The van der Waals surface area contributed by atoms with Gasteiger partial charge in [-0.2, -0.15) is 0 Å². The van der Waals surface area contributed by atoms with E-state index in [2.05, 4.69) is 15.9 Å². The lowest BCUT2D eigenvalue weighted by Gasteiger charge is -1.96. The van der Waals surface area contributed by atoms with Gasteiger partial charge in [0.05, 0.1) is 12.4 Å². The van der Waals surface area contributed by atoms with Gasteiger partial charge in [0.1, 0.15) is 5.76 Å². The van der Waals surface area contributed by atoms with Gasteiger partial charge in [-0.05, 0) is 13.0 Å². The Bertz CT molecular complexity index is 62.5. The first kappa shape index (κ1) is 7.02. The van der Waals surface area contributed by atoms with Crippen LogP contribution in [0.25, 0.3) is 0 Å². The standard InChI is InChI=1S/C5H9BrO/c1-3-5(4-6)7-2/h3H,4H2,1-2H3/b5-3-. The van der Waals surface area contributed by atoms with E-state index in [1.54, 1.807) is 7.11 Å². The van der Waals surface area contributed by atoms with Crippen LogP contribution in [-0.2, 0) is 4.74 Å². The largest absolute Gasteiger partial charge is 0.501 e. The molecular weight excluding hydrogens is 156 g/mol. The Morgan fingerprint density at radius 2 is 2.43 bits per heavy atom. The zero-order chi connectivity index (χ0) is 5.70. The van der Waals surface area contributed by atoms with Gasteiger partial charge in [0.15, 0.2) is 0 Å². The first-order chi connectivity index (χ1) is 3.35. The average molecular weight is 165 g/mol. The highest BCUT2D eigenvalue weighted by molar-refractivity contribution is 9.09. The SMILES string of the molecule is C/C=C(/CBr)OC. The van der Waals surface area contributed by atoms with Crippen LogP contribution in [0.15, 0.2) is 11.8 Å². The molecule has 0 N–H and O–H groups in total. The molecule has 0 amide bonds. The number of methoxy groups -OCH3 is 1. The zero-order valence-corrected chi connectivity index (χ0v) is 6.16. The van der Waals surface area contributed by atoms with Crippen molar-refractivity contribution in [1.29, 1.82) is 0 Å². The van der Waals surface area contributed by atoms with Gasteiger partial charge >= 0.3 is 0 Å². The third kappa shape index (κ3) is 2.68. The minimum Gasteiger partial charge on any atom is -0.501 e. The Hall–Kier alpha value is 0.0200. The van der Waals surface area contributed by atoms with Crippen molar-refractivity contribution in [3.05, 3.63) is 11.8 Å². The van der Waals surface area contributed by atoms with Crippen molar-refractivity contribution in [3.8, 4) is 0 Å². The molecule has 0 fully saturated rings. The number of halogens is 1. The lowest BCUT2D eigenvalue weighted by molar-refractivity contribution is 0.295. The van der Waals surface area contributed by atoms with Crippen molar-refractivity contribution in [2.75, 3.05) is 12.4 Å². The molecule has 0 aromatic carbocycles. The van der Waals surface area contributed by atoms with Crippen molar-refractivity contribution in [2.45, 2.75) is 6.92 Å². The molecule has 0 atom stereocenters. The summed E-state index contributed by atoms with van der Waals surface area (Å²) in [5.41, 5.74) is 0. The molecule has 2 heteroatoms. The molecule has 0 heterocycles. The molecule has 0 radical (unpaired) electrons. The Kier molecular flexibility index (Phi) is 4.20. The molecule has 0 aromatic heterocycles. The van der Waals surface area contributed by atoms with Crippen LogP contribution in [0.2, 0.25) is 0 Å². The number of allylic oxidation sites excluding steroid dienone is 2. The Morgan fingerprint density at radius 3 is 2.43 bits per heavy atom. The smallest absolute Gasteiger partial charge is 0.102 e. The summed E-state index contributed by atoms with van der Waals surface area (Å²) in [4.78, 5) is 0. The number of hydrogen-bond donors (Lipinski definition) is 0. The van der Waals surface area contributed by atoms with Crippen LogP contribution >= 0.6 is 15.9 Å². The zero-order valence-electron chi connectivity index (χ0n) is 4.57. The average Bonchev–Trinajstić information content (AvgIpc) is 1.72. The summed E-state index contributed by atoms with van der Waals surface area (Å²) in [6.45, 7) is 1.94. The highest BCUT2D eigenvalue weighted by Gasteiger charge is 1.84. The fourth-order valence-corrected chi connectivity index (χ4v) is 0.802. The lowest BCUT2D eigenvalue weighted by Crippen LogP contribution is -1.84. The fourth-order valence-electron chi connectivity index (χ4n) is 0.250. The van der Waals surface area contributed by atoms with E-state index < -0.39 is 0 Å². The summed E-state index contributed by atoms with van der Waals surface area (Å²) in [5, 5.41) is 0.806. The van der Waals surface area contributed by atoms with Gasteiger partial charge < -0.3 is 4.74 Å². The van der Waals surface area contributed by atoms with Crippen LogP contribution in [0.1, 0.15) is 6.92 Å². The number of rotatable bonds is 2. The quantitative estimate of drug-likeness (QED) is 0.448. The Morgan fingerprint density at radius 1 is 1.86 bits per heavy atom. The second kappa shape index (κ2) is 4.19. The summed E-state index contributed by atoms with van der Waals surface area (Å²) in [6, 6.07) is 0. The first-order valence-electron chi connectivity index (χ1n) is 2.10. The summed E-state index contributed by atoms with van der Waals surface area (Å²) in [6.07, 6.45) is 1.93. The maximum Gasteiger partial charge on any atom is 0.102 e. The molecule has 7 heavy (non-hydrogen) atoms. The topological polar surface area (TPSA) is 9.23 Å². The van der Waals surface area contributed by atoms with Gasteiger partial charge in [-0.1, -0.05) is 15.9 Å². The van der Waals surface area contributed by atoms with E-state index in [4.69, 9.17) is 4.74 Å². The van der Waals surface area contributed by atoms with Gasteiger partial charge in [0.2, 0.25) is 0 Å². The molecule has 0 aliphatic carbocycles. The Labute approximate surface area is 52.5 Å². The van der Waals surface area contributed by atoms with Crippen LogP contribution < -0.4 is 0 Å². The number of ether oxygens (including phenoxy) is 1. The Balaban J connectivity index is 3.38. The highest BCUT2D eigenvalue weighted by atomic mass is 79.9. The van der Waals surface area contributed by atoms with E-state index in [1.807, 2.05) is 13.0 Å². The monoisotopic (exact) mass is 164 g/mol. The minimum atomic E-state index is 0.806. The second-order valence-electron chi connectivity index (χ2n) is 1.09. The molecule has 0 rings (SSSR count). The third-order valence-electron chi connectivity index (χ3n) is 0.716. The molecule has 42 valence electrons. The second-order valence-corrected chi connectivity index (χ2v) is 1.65. The first-order valence-corrected chi connectivity index (χ1v) is 3.22. The van der Waals surface area contributed by atoms with Crippen LogP contribution in [0.3, 0.4) is 0 Å². The normalized spacial score (nSPS) is 11.6. The highest BCUT2D eigenvalue weighted by Crippen LogP contribution is 1.97. The summed E-state index contributed by atoms with van der Waals surface area (Å²) >= 11 is 3.24. The van der Waals surface area contributed by atoms with E-state index in [1.165, 1.54) is 0 Å². The molecule has 0 saturated heterocycles. The van der Waals surface area contributed by atoms with Crippen LogP contribution in [0.5, 0.6) is 0 Å². The molecule has 0 spiro atoms. The van der Waals surface area contributed by atoms with Gasteiger partial charge in [0.25, 0.3) is 0 Å². The van der Waals surface area contributed by atoms with Crippen molar-refractivity contribution >= 4 is 15.9 Å². The van der Waals surface area contributed by atoms with E-state index in [0.29, 0.717) is 0 Å². The van der Waals surface area contributed by atoms with Gasteiger partial charge in [0, 0.05) is 0 Å². The maximum atomic E-state index is 4.86. The van der Waals surface area contributed by atoms with E-state index in [0.717, 1.165) is 11.1 Å². The third-order valence-corrected chi connectivity index (χ3v) is 1.27. The molecule has 0 unspecified atom stereocenters. The van der Waals surface area contributed by atoms with E-state index in [9.17, 15) is 0 Å². The molecule has 0 saturated carbocycles. The summed E-state index contributed by atoms with van der Waals surface area (Å²) in [7, 11) is 1.66. The number of alkyl halides is 1. The van der Waals surface area contributed by atoms with E-state index >= 15 is 0 Å². The number of hydrogen-bond acceptors (Lipinski definition) is 1. The fraction of sp³-hybridized carbons (Fsp3) is 0.600. The molecule has 0 aromatic rings. The van der Waals surface area contributed by atoms with E-state index in [-0.39, 0.29) is 0 Å². The van der Waals surface area contributed by atoms with Gasteiger partial charge in [-0.15, -0.1) is 0 Å². The van der Waals surface area contributed by atoms with Gasteiger partial charge in [-0.3, -0.25) is 0 Å². The van der Waals surface area contributed by atoms with Gasteiger partial charge in [-0.25, -0.2) is 0 Å². The summed E-state index contributed by atoms with van der Waals surface area (Å²) < 4.78 is 4.86. The van der Waals surface area contributed by atoms with Crippen molar-refractivity contribution in [3.63, 3.8) is 0 Å². The van der Waals surface area contributed by atoms with Crippen LogP contribution in [-0.4, -0.2) is 12.4 Å². The van der Waals surface area contributed by atoms with Crippen LogP contribution in [0, 0.1) is 0 Å². The molecule has 1 nitrogen and oxygen atoms in total. The van der Waals surface area contributed by atoms with Crippen molar-refractivity contribution in [1.82, 2.24) is 0 Å². The van der Waals surface area contributed by atoms with Crippen molar-refractivity contribution in [2.24, 2.45) is 0 Å².